The van der Waals surface area contributed by atoms with Crippen LogP contribution in [0.15, 0.2) is 60.7 Å². The molecule has 0 amide bonds. The van der Waals surface area contributed by atoms with Crippen molar-refractivity contribution in [3.63, 3.8) is 0 Å². The molecule has 5 atom stereocenters. The molecule has 33 heavy (non-hydrogen) atoms. The summed E-state index contributed by atoms with van der Waals surface area (Å²) in [5, 5.41) is -0.221. The molecule has 2 heterocycles. The van der Waals surface area contributed by atoms with Gasteiger partial charge in [-0.15, -0.1) is 11.6 Å². The molecule has 181 valence electrons. The molecular weight excluding hydrogens is 494 g/mol. The first-order valence-corrected chi connectivity index (χ1v) is 12.6. The summed E-state index contributed by atoms with van der Waals surface area (Å²) in [6, 6.07) is 21.7. The number of alkyl halides is 2. The van der Waals surface area contributed by atoms with Crippen LogP contribution in [0.25, 0.3) is 0 Å². The Hall–Kier alpha value is -0.621. The number of benzene rings is 2. The minimum Gasteiger partial charge on any atom is -0.303 e. The van der Waals surface area contributed by atoms with Gasteiger partial charge in [-0.2, -0.15) is 0 Å². The molecule has 2 aromatic rings. The molecule has 2 bridgehead atoms. The van der Waals surface area contributed by atoms with Crippen LogP contribution in [-0.4, -0.2) is 91.4 Å². The Balaban J connectivity index is 0.00000306. The van der Waals surface area contributed by atoms with Gasteiger partial charge >= 0.3 is 0 Å². The van der Waals surface area contributed by atoms with E-state index in [-0.39, 0.29) is 22.4 Å². The monoisotopic (exact) mass is 529 g/mol. The molecule has 0 N–H and O–H groups in total. The summed E-state index contributed by atoms with van der Waals surface area (Å²) in [6.45, 7) is 7.62. The maximum Gasteiger partial charge on any atom is 0.139 e. The van der Waals surface area contributed by atoms with Gasteiger partial charge in [0.2, 0.25) is 0 Å². The second-order valence-electron chi connectivity index (χ2n) is 9.29. The third-order valence-corrected chi connectivity index (χ3v) is 8.45. The zero-order valence-electron chi connectivity index (χ0n) is 19.7. The third-order valence-electron chi connectivity index (χ3n) is 7.17. The van der Waals surface area contributed by atoms with Crippen LogP contribution in [0.4, 0.5) is 0 Å². The molecule has 2 aromatic carbocycles. The van der Waals surface area contributed by atoms with Crippen molar-refractivity contribution in [2.45, 2.75) is 22.8 Å². The van der Waals surface area contributed by atoms with Gasteiger partial charge in [-0.1, -0.05) is 72.3 Å². The van der Waals surface area contributed by atoms with Crippen molar-refractivity contribution in [1.29, 1.82) is 0 Å². The molecule has 0 aliphatic carbocycles. The second kappa shape index (κ2) is 12.4. The van der Waals surface area contributed by atoms with Crippen molar-refractivity contribution >= 4 is 23.2 Å². The molecule has 0 aromatic heterocycles. The van der Waals surface area contributed by atoms with Gasteiger partial charge in [-0.25, -0.2) is 0 Å². The topological polar surface area (TPSA) is 13.0 Å². The smallest absolute Gasteiger partial charge is 0.139 e. The van der Waals surface area contributed by atoms with Gasteiger partial charge in [0.1, 0.15) is 5.00 Å². The number of hydrogen-bond acceptors (Lipinski definition) is 4. The molecule has 2 aliphatic rings. The zero-order chi connectivity index (χ0) is 22.6. The molecule has 0 saturated carbocycles. The number of hydrogen-bond donors (Lipinski definition) is 0. The normalized spacial score (nSPS) is 32.6. The number of rotatable bonds is 2. The van der Waals surface area contributed by atoms with Crippen LogP contribution in [0.2, 0.25) is 0 Å². The summed E-state index contributed by atoms with van der Waals surface area (Å²) in [4.78, 5) is 9.12. The van der Waals surface area contributed by atoms with E-state index in [0.717, 1.165) is 64.3 Å². The van der Waals surface area contributed by atoms with E-state index in [2.05, 4.69) is 88.3 Å². The SMILES string of the molecule is CN1CCN2CCC(c3ccccc3)N(C)CCN(CC2)C(Cl)(c2ccccc2)C(Cl)C1.[Mn]. The number of likely N-dealkylation sites (N-methyl/N-ethyl adjacent to an activating group) is 2. The molecule has 4 rings (SSSR count). The predicted molar refractivity (Wildman–Crippen MR) is 136 cm³/mol. The van der Waals surface area contributed by atoms with Crippen molar-refractivity contribution in [3.8, 4) is 0 Å². The van der Waals surface area contributed by atoms with Gasteiger partial charge in [0.25, 0.3) is 0 Å². The third kappa shape index (κ3) is 6.34. The van der Waals surface area contributed by atoms with E-state index in [1.54, 1.807) is 0 Å². The molecule has 0 spiro atoms. The average molecular weight is 530 g/mol. The number of halogens is 2. The summed E-state index contributed by atoms with van der Waals surface area (Å²) in [6.07, 6.45) is 1.13. The van der Waals surface area contributed by atoms with E-state index in [1.165, 1.54) is 5.56 Å². The Morgan fingerprint density at radius 2 is 1.39 bits per heavy atom. The van der Waals surface area contributed by atoms with Crippen molar-refractivity contribution in [3.05, 3.63) is 71.8 Å². The van der Waals surface area contributed by atoms with Crippen molar-refractivity contribution in [1.82, 2.24) is 19.6 Å². The van der Waals surface area contributed by atoms with Gasteiger partial charge in [0, 0.05) is 75.5 Å². The van der Waals surface area contributed by atoms with Crippen molar-refractivity contribution < 1.29 is 17.1 Å². The van der Waals surface area contributed by atoms with Gasteiger partial charge < -0.3 is 9.80 Å². The van der Waals surface area contributed by atoms with Crippen molar-refractivity contribution in [2.75, 3.05) is 66.5 Å². The number of fused-ring (bicyclic) bond motifs is 3. The summed E-state index contributed by atoms with van der Waals surface area (Å²) < 4.78 is 0. The first kappa shape index (κ1) is 27.0. The molecule has 5 unspecified atom stereocenters. The van der Waals surface area contributed by atoms with Crippen LogP contribution in [0.3, 0.4) is 0 Å². The first-order chi connectivity index (χ1) is 15.5. The quantitative estimate of drug-likeness (QED) is 0.326. The van der Waals surface area contributed by atoms with Crippen molar-refractivity contribution in [2.24, 2.45) is 0 Å². The first-order valence-electron chi connectivity index (χ1n) is 11.8. The summed E-state index contributed by atoms with van der Waals surface area (Å²) in [5.74, 6) is 0. The van der Waals surface area contributed by atoms with E-state index in [9.17, 15) is 0 Å². The maximum absolute atomic E-state index is 7.56. The molecule has 1 radical (unpaired) electrons. The molecule has 2 aliphatic heterocycles. The van der Waals surface area contributed by atoms with E-state index in [0.29, 0.717) is 6.04 Å². The largest absolute Gasteiger partial charge is 0.303 e. The molecule has 2 fully saturated rings. The minimum atomic E-state index is -0.748. The van der Waals surface area contributed by atoms with E-state index in [4.69, 9.17) is 23.2 Å². The van der Waals surface area contributed by atoms with Crippen LogP contribution >= 0.6 is 23.2 Å². The Bertz CT molecular complexity index is 843. The van der Waals surface area contributed by atoms with Gasteiger partial charge in [-0.3, -0.25) is 9.80 Å². The molecule has 4 nitrogen and oxygen atoms in total. The van der Waals surface area contributed by atoms with Gasteiger partial charge in [-0.05, 0) is 31.6 Å². The predicted octanol–water partition coefficient (Wildman–Crippen LogP) is 4.31. The summed E-state index contributed by atoms with van der Waals surface area (Å²) in [7, 11) is 4.41. The summed E-state index contributed by atoms with van der Waals surface area (Å²) >= 11 is 14.7. The number of nitrogens with zero attached hydrogens (tertiary/aromatic N) is 4. The van der Waals surface area contributed by atoms with E-state index in [1.807, 2.05) is 6.07 Å². The van der Waals surface area contributed by atoms with E-state index < -0.39 is 5.00 Å². The Labute approximate surface area is 220 Å². The fourth-order valence-electron chi connectivity index (χ4n) is 5.12. The Kier molecular flexibility index (Phi) is 10.1. The van der Waals surface area contributed by atoms with E-state index >= 15 is 0 Å². The fourth-order valence-corrected chi connectivity index (χ4v) is 5.99. The van der Waals surface area contributed by atoms with Gasteiger partial charge in [0.05, 0.1) is 5.38 Å². The van der Waals surface area contributed by atoms with Gasteiger partial charge in [0.15, 0.2) is 0 Å². The zero-order valence-corrected chi connectivity index (χ0v) is 22.4. The minimum absolute atomic E-state index is 0. The Morgan fingerprint density at radius 1 is 0.788 bits per heavy atom. The van der Waals surface area contributed by atoms with Crippen LogP contribution in [0.1, 0.15) is 23.6 Å². The van der Waals surface area contributed by atoms with Crippen LogP contribution in [0, 0.1) is 0 Å². The Morgan fingerprint density at radius 3 is 2.09 bits per heavy atom. The fraction of sp³-hybridized carbons (Fsp3) is 0.538. The molecular formula is C26H36Cl2MnN4. The molecule has 2 saturated heterocycles. The molecule has 7 heteroatoms. The average Bonchev–Trinajstić information content (AvgIpc) is 2.82. The maximum atomic E-state index is 7.56. The van der Waals surface area contributed by atoms with Crippen LogP contribution in [0.5, 0.6) is 0 Å². The van der Waals surface area contributed by atoms with Crippen LogP contribution < -0.4 is 0 Å². The summed E-state index contributed by atoms with van der Waals surface area (Å²) in [5.41, 5.74) is 2.48. The second-order valence-corrected chi connectivity index (χ2v) is 10.4. The van der Waals surface area contributed by atoms with Crippen LogP contribution in [-0.2, 0) is 22.1 Å². The standard InChI is InChI=1S/C26H36Cl2N4.Mn/c1-29-15-17-31-14-13-24(22-9-5-3-6-10-22)30(2)16-19-32(20-18-31)26(28,25(27)21-29)23-11-7-4-8-12-23;/h3-12,24-25H,13-21H2,1-2H3;.